The molecule has 0 heterocycles. The van der Waals surface area contributed by atoms with Crippen LogP contribution < -0.4 is 5.32 Å². The van der Waals surface area contributed by atoms with Crippen LogP contribution in [-0.4, -0.2) is 17.8 Å². The number of aliphatic hydroxyl groups excluding tert-OH is 1. The van der Waals surface area contributed by atoms with Gasteiger partial charge in [-0.3, -0.25) is 0 Å². The van der Waals surface area contributed by atoms with Crippen molar-refractivity contribution in [2.75, 3.05) is 11.9 Å². The molecule has 0 saturated carbocycles. The van der Waals surface area contributed by atoms with E-state index in [1.54, 1.807) is 19.1 Å². The molecule has 0 aromatic heterocycles. The van der Waals surface area contributed by atoms with Gasteiger partial charge in [-0.2, -0.15) is 5.26 Å². The molecule has 92 valence electrons. The largest absolute Gasteiger partial charge is 0.393 e. The fourth-order valence-corrected chi connectivity index (χ4v) is 1.83. The lowest BCUT2D eigenvalue weighted by atomic mass is 10.2. The van der Waals surface area contributed by atoms with Gasteiger partial charge in [0.25, 0.3) is 0 Å². The molecule has 2 N–H and O–H groups in total. The number of nitrogens with one attached hydrogen (secondary N) is 1. The first-order chi connectivity index (χ1) is 8.06. The van der Waals surface area contributed by atoms with Crippen molar-refractivity contribution in [1.29, 1.82) is 5.26 Å². The zero-order valence-corrected chi connectivity index (χ0v) is 11.1. The lowest BCUT2D eigenvalue weighted by molar-refractivity contribution is 0.183. The quantitative estimate of drug-likeness (QED) is 0.822. The van der Waals surface area contributed by atoms with E-state index in [1.807, 2.05) is 6.07 Å². The van der Waals surface area contributed by atoms with Crippen molar-refractivity contribution in [2.45, 2.75) is 25.9 Å². The minimum Gasteiger partial charge on any atom is -0.393 e. The highest BCUT2D eigenvalue weighted by molar-refractivity contribution is 9.10. The Kier molecular flexibility index (Phi) is 5.39. The average molecular weight is 301 g/mol. The van der Waals surface area contributed by atoms with E-state index < -0.39 is 5.82 Å². The molecule has 0 fully saturated rings. The van der Waals surface area contributed by atoms with Crippen molar-refractivity contribution in [2.24, 2.45) is 0 Å². The van der Waals surface area contributed by atoms with Gasteiger partial charge in [0.1, 0.15) is 6.07 Å². The Morgan fingerprint density at radius 1 is 1.59 bits per heavy atom. The summed E-state index contributed by atoms with van der Waals surface area (Å²) < 4.78 is 13.9. The lowest BCUT2D eigenvalue weighted by Crippen LogP contribution is -2.07. The van der Waals surface area contributed by atoms with Crippen LogP contribution in [-0.2, 0) is 0 Å². The molecule has 17 heavy (non-hydrogen) atoms. The van der Waals surface area contributed by atoms with Gasteiger partial charge in [-0.15, -0.1) is 0 Å². The number of nitriles is 1. The lowest BCUT2D eigenvalue weighted by Gasteiger charge is -2.10. The van der Waals surface area contributed by atoms with Crippen LogP contribution in [0.3, 0.4) is 0 Å². The van der Waals surface area contributed by atoms with Gasteiger partial charge >= 0.3 is 0 Å². The van der Waals surface area contributed by atoms with Crippen molar-refractivity contribution >= 4 is 21.6 Å². The SMILES string of the molecule is CC(O)CCCNc1ccc(C#N)c(Br)c1F. The van der Waals surface area contributed by atoms with Crippen LogP contribution in [0.2, 0.25) is 0 Å². The predicted molar refractivity (Wildman–Crippen MR) is 68.2 cm³/mol. The van der Waals surface area contributed by atoms with Crippen molar-refractivity contribution in [3.63, 3.8) is 0 Å². The summed E-state index contributed by atoms with van der Waals surface area (Å²) in [4.78, 5) is 0. The van der Waals surface area contributed by atoms with Gasteiger partial charge < -0.3 is 10.4 Å². The molecule has 0 aliphatic carbocycles. The van der Waals surface area contributed by atoms with Crippen LogP contribution >= 0.6 is 15.9 Å². The molecule has 0 spiro atoms. The fraction of sp³-hybridized carbons (Fsp3) is 0.417. The topological polar surface area (TPSA) is 56.0 Å². The van der Waals surface area contributed by atoms with Gasteiger partial charge in [0.2, 0.25) is 0 Å². The second-order valence-electron chi connectivity index (χ2n) is 3.82. The smallest absolute Gasteiger partial charge is 0.161 e. The number of halogens is 2. The summed E-state index contributed by atoms with van der Waals surface area (Å²) in [6, 6.07) is 5.00. The number of anilines is 1. The first-order valence-electron chi connectivity index (χ1n) is 5.36. The molecule has 0 saturated heterocycles. The summed E-state index contributed by atoms with van der Waals surface area (Å²) in [7, 11) is 0. The van der Waals surface area contributed by atoms with E-state index in [-0.39, 0.29) is 16.1 Å². The van der Waals surface area contributed by atoms with E-state index in [2.05, 4.69) is 21.2 Å². The van der Waals surface area contributed by atoms with Crippen molar-refractivity contribution < 1.29 is 9.50 Å². The number of nitrogens with zero attached hydrogens (tertiary/aromatic N) is 1. The Bertz CT molecular complexity index is 429. The standard InChI is InChI=1S/C12H14BrFN2O/c1-8(17)3-2-6-16-10-5-4-9(7-15)11(13)12(10)14/h4-5,8,16-17H,2-3,6H2,1H3. The van der Waals surface area contributed by atoms with Crippen LogP contribution in [0.1, 0.15) is 25.3 Å². The first kappa shape index (κ1) is 13.9. The highest BCUT2D eigenvalue weighted by atomic mass is 79.9. The Balaban J connectivity index is 2.61. The second-order valence-corrected chi connectivity index (χ2v) is 4.61. The Morgan fingerprint density at radius 2 is 2.29 bits per heavy atom. The van der Waals surface area contributed by atoms with Crippen LogP contribution in [0.4, 0.5) is 10.1 Å². The zero-order chi connectivity index (χ0) is 12.8. The third kappa shape index (κ3) is 3.99. The maximum atomic E-state index is 13.7. The molecule has 1 aromatic carbocycles. The molecular weight excluding hydrogens is 287 g/mol. The summed E-state index contributed by atoms with van der Waals surface area (Å²) in [5, 5.41) is 20.7. The van der Waals surface area contributed by atoms with Gasteiger partial charge in [-0.25, -0.2) is 4.39 Å². The van der Waals surface area contributed by atoms with E-state index >= 15 is 0 Å². The maximum absolute atomic E-state index is 13.7. The molecule has 0 aliphatic rings. The van der Waals surface area contributed by atoms with Crippen LogP contribution in [0.25, 0.3) is 0 Å². The van der Waals surface area contributed by atoms with E-state index in [9.17, 15) is 4.39 Å². The van der Waals surface area contributed by atoms with Crippen molar-refractivity contribution in [3.8, 4) is 6.07 Å². The number of hydrogen-bond donors (Lipinski definition) is 2. The molecule has 5 heteroatoms. The van der Waals surface area contributed by atoms with Crippen molar-refractivity contribution in [1.82, 2.24) is 0 Å². The number of hydrogen-bond acceptors (Lipinski definition) is 3. The zero-order valence-electron chi connectivity index (χ0n) is 9.50. The summed E-state index contributed by atoms with van der Waals surface area (Å²) in [5.74, 6) is -0.457. The second kappa shape index (κ2) is 6.58. The Hall–Kier alpha value is -1.12. The van der Waals surface area contributed by atoms with Gasteiger partial charge in [0.15, 0.2) is 5.82 Å². The molecule has 0 aliphatic heterocycles. The Labute approximate surface area is 108 Å². The van der Waals surface area contributed by atoms with E-state index in [4.69, 9.17) is 10.4 Å². The van der Waals surface area contributed by atoms with E-state index in [0.717, 1.165) is 6.42 Å². The third-order valence-electron chi connectivity index (χ3n) is 2.32. The summed E-state index contributed by atoms with van der Waals surface area (Å²) >= 11 is 3.05. The normalized spacial score (nSPS) is 11.9. The maximum Gasteiger partial charge on any atom is 0.161 e. The van der Waals surface area contributed by atoms with Gasteiger partial charge in [0, 0.05) is 6.54 Å². The summed E-state index contributed by atoms with van der Waals surface area (Å²) in [6.07, 6.45) is 1.09. The Morgan fingerprint density at radius 3 is 2.88 bits per heavy atom. The molecular formula is C12H14BrFN2O. The van der Waals surface area contributed by atoms with Gasteiger partial charge in [0.05, 0.1) is 21.8 Å². The van der Waals surface area contributed by atoms with Crippen LogP contribution in [0.5, 0.6) is 0 Å². The third-order valence-corrected chi connectivity index (χ3v) is 3.09. The van der Waals surface area contributed by atoms with E-state index in [1.165, 1.54) is 0 Å². The van der Waals surface area contributed by atoms with Crippen LogP contribution in [0, 0.1) is 17.1 Å². The number of benzene rings is 1. The number of aliphatic hydroxyl groups is 1. The minimum absolute atomic E-state index is 0.181. The van der Waals surface area contributed by atoms with Crippen LogP contribution in [0.15, 0.2) is 16.6 Å². The highest BCUT2D eigenvalue weighted by Crippen LogP contribution is 2.26. The predicted octanol–water partition coefficient (Wildman–Crippen LogP) is 3.03. The molecule has 1 unspecified atom stereocenters. The molecule has 0 bridgehead atoms. The average Bonchev–Trinajstić information content (AvgIpc) is 2.29. The molecule has 0 radical (unpaired) electrons. The molecule has 1 aromatic rings. The molecule has 1 atom stereocenters. The summed E-state index contributed by atoms with van der Waals surface area (Å²) in [5.41, 5.74) is 0.637. The fourth-order valence-electron chi connectivity index (χ4n) is 1.39. The van der Waals surface area contributed by atoms with E-state index in [0.29, 0.717) is 18.7 Å². The van der Waals surface area contributed by atoms with Gasteiger partial charge in [-0.1, -0.05) is 0 Å². The van der Waals surface area contributed by atoms with Crippen molar-refractivity contribution in [3.05, 3.63) is 28.0 Å². The molecule has 1 rings (SSSR count). The summed E-state index contributed by atoms with van der Waals surface area (Å²) in [6.45, 7) is 2.30. The van der Waals surface area contributed by atoms with Gasteiger partial charge in [-0.05, 0) is 47.8 Å². The monoisotopic (exact) mass is 300 g/mol. The number of rotatable bonds is 5. The first-order valence-corrected chi connectivity index (χ1v) is 6.15. The molecule has 3 nitrogen and oxygen atoms in total. The minimum atomic E-state index is -0.457. The molecule has 0 amide bonds. The highest BCUT2D eigenvalue weighted by Gasteiger charge is 2.10.